The summed E-state index contributed by atoms with van der Waals surface area (Å²) < 4.78 is 21.7. The summed E-state index contributed by atoms with van der Waals surface area (Å²) in [4.78, 5) is 28.3. The smallest absolute Gasteiger partial charge is 0.247 e. The molecular formula is C28H32FIN2O5. The fourth-order valence-electron chi connectivity index (χ4n) is 5.04. The molecule has 2 aromatic carbocycles. The predicted molar refractivity (Wildman–Crippen MR) is 145 cm³/mol. The second kappa shape index (κ2) is 12.8. The quantitative estimate of drug-likeness (QED) is 0.372. The van der Waals surface area contributed by atoms with Gasteiger partial charge in [-0.25, -0.2) is 4.39 Å². The van der Waals surface area contributed by atoms with Crippen LogP contribution in [0.25, 0.3) is 0 Å². The van der Waals surface area contributed by atoms with E-state index in [1.165, 1.54) is 11.0 Å². The van der Waals surface area contributed by atoms with Crippen LogP contribution in [0.5, 0.6) is 5.75 Å². The first-order chi connectivity index (χ1) is 17.9. The van der Waals surface area contributed by atoms with E-state index in [1.807, 2.05) is 18.2 Å². The molecule has 0 aliphatic heterocycles. The Labute approximate surface area is 229 Å². The van der Waals surface area contributed by atoms with Gasteiger partial charge >= 0.3 is 0 Å². The van der Waals surface area contributed by atoms with Gasteiger partial charge in [-0.2, -0.15) is 0 Å². The number of aliphatic hydroxyl groups excluding tert-OH is 2. The summed E-state index contributed by atoms with van der Waals surface area (Å²) in [7, 11) is 0. The summed E-state index contributed by atoms with van der Waals surface area (Å²) in [6.07, 6.45) is 2.99. The van der Waals surface area contributed by atoms with E-state index in [9.17, 15) is 19.1 Å². The Hall–Kier alpha value is -2.50. The number of hydrogen-bond acceptors (Lipinski definition) is 5. The Morgan fingerprint density at radius 1 is 1.11 bits per heavy atom. The van der Waals surface area contributed by atoms with Crippen LogP contribution in [0.4, 0.5) is 4.39 Å². The zero-order valence-electron chi connectivity index (χ0n) is 20.5. The highest BCUT2D eigenvalue weighted by molar-refractivity contribution is 14.1. The van der Waals surface area contributed by atoms with Crippen LogP contribution in [0.2, 0.25) is 0 Å². The molecule has 1 fully saturated rings. The molecule has 2 aliphatic rings. The molecule has 0 saturated heterocycles. The van der Waals surface area contributed by atoms with Gasteiger partial charge in [0.25, 0.3) is 0 Å². The fraction of sp³-hybridized carbons (Fsp3) is 0.429. The van der Waals surface area contributed by atoms with Crippen LogP contribution < -0.4 is 10.1 Å². The number of rotatable bonds is 9. The van der Waals surface area contributed by atoms with Crippen molar-refractivity contribution >= 4 is 34.4 Å². The number of amides is 2. The van der Waals surface area contributed by atoms with Crippen molar-refractivity contribution in [3.63, 3.8) is 0 Å². The maximum Gasteiger partial charge on any atom is 0.247 e. The lowest BCUT2D eigenvalue weighted by Crippen LogP contribution is -2.55. The number of carbonyl (C=O) groups excluding carboxylic acids is 2. The maximum absolute atomic E-state index is 14.7. The fourth-order valence-corrected chi connectivity index (χ4v) is 5.56. The standard InChI is InChI=1S/C28H32FIN2O5/c29-21-10-4-3-9-19(21)17-32(28(36)18-7-1-2-8-18)23-15-20(27(35)31-13-14-33)16-25(26(23)34)37-24-12-6-5-11-22(24)30/h3-6,9-12,16,18,23,25-26,33-34H,1-2,7-8,13-15,17H2,(H,31,35)/t23-,25+,26+/m1/s1. The number of ether oxygens (including phenoxy) is 1. The van der Waals surface area contributed by atoms with E-state index in [0.29, 0.717) is 16.9 Å². The van der Waals surface area contributed by atoms with Crippen LogP contribution in [0.3, 0.4) is 0 Å². The molecule has 198 valence electrons. The normalized spacial score (nSPS) is 21.8. The lowest BCUT2D eigenvalue weighted by atomic mass is 9.87. The second-order valence-electron chi connectivity index (χ2n) is 9.49. The predicted octanol–water partition coefficient (Wildman–Crippen LogP) is 3.56. The number of halogens is 2. The molecule has 0 spiro atoms. The van der Waals surface area contributed by atoms with Crippen LogP contribution >= 0.6 is 22.6 Å². The van der Waals surface area contributed by atoms with Gasteiger partial charge in [0.1, 0.15) is 23.8 Å². The molecule has 3 N–H and O–H groups in total. The van der Waals surface area contributed by atoms with Crippen LogP contribution in [0, 0.1) is 15.3 Å². The number of aliphatic hydroxyl groups is 2. The van der Waals surface area contributed by atoms with E-state index in [4.69, 9.17) is 9.84 Å². The Morgan fingerprint density at radius 2 is 1.81 bits per heavy atom. The van der Waals surface area contributed by atoms with Gasteiger partial charge in [0.15, 0.2) is 0 Å². The summed E-state index contributed by atoms with van der Waals surface area (Å²) in [5, 5.41) is 23.4. The first-order valence-electron chi connectivity index (χ1n) is 12.6. The van der Waals surface area contributed by atoms with E-state index in [0.717, 1.165) is 29.3 Å². The highest BCUT2D eigenvalue weighted by Gasteiger charge is 2.42. The van der Waals surface area contributed by atoms with Crippen molar-refractivity contribution in [1.82, 2.24) is 10.2 Å². The third-order valence-corrected chi connectivity index (χ3v) is 7.89. The second-order valence-corrected chi connectivity index (χ2v) is 10.6. The third kappa shape index (κ3) is 6.69. The summed E-state index contributed by atoms with van der Waals surface area (Å²) in [6.45, 7) is -0.164. The zero-order chi connectivity index (χ0) is 26.4. The van der Waals surface area contributed by atoms with E-state index in [2.05, 4.69) is 27.9 Å². The minimum atomic E-state index is -1.15. The largest absolute Gasteiger partial charge is 0.482 e. The molecule has 7 nitrogen and oxygen atoms in total. The average molecular weight is 622 g/mol. The summed E-state index contributed by atoms with van der Waals surface area (Å²) in [6, 6.07) is 12.8. The number of carbonyl (C=O) groups is 2. The Balaban J connectivity index is 1.70. The van der Waals surface area contributed by atoms with Crippen molar-refractivity contribution in [2.75, 3.05) is 13.2 Å². The Morgan fingerprint density at radius 3 is 2.51 bits per heavy atom. The van der Waals surface area contributed by atoms with E-state index >= 15 is 0 Å². The molecular weight excluding hydrogens is 590 g/mol. The Kier molecular flexibility index (Phi) is 9.55. The molecule has 4 rings (SSSR count). The molecule has 0 aromatic heterocycles. The van der Waals surface area contributed by atoms with Gasteiger partial charge in [0.05, 0.1) is 16.2 Å². The Bertz CT molecular complexity index is 1140. The number of nitrogens with one attached hydrogen (secondary N) is 1. The lowest BCUT2D eigenvalue weighted by molar-refractivity contribution is -0.143. The van der Waals surface area contributed by atoms with Crippen molar-refractivity contribution in [2.45, 2.75) is 56.9 Å². The van der Waals surface area contributed by atoms with Crippen molar-refractivity contribution < 1.29 is 28.9 Å². The van der Waals surface area contributed by atoms with Crippen molar-refractivity contribution in [2.24, 2.45) is 5.92 Å². The molecule has 9 heteroatoms. The molecule has 2 aromatic rings. The van der Waals surface area contributed by atoms with Gasteiger partial charge in [0, 0.05) is 36.6 Å². The molecule has 2 amide bonds. The molecule has 3 atom stereocenters. The number of nitrogens with zero attached hydrogens (tertiary/aromatic N) is 1. The first kappa shape index (κ1) is 27.5. The van der Waals surface area contributed by atoms with Gasteiger partial charge < -0.3 is 25.2 Å². The highest BCUT2D eigenvalue weighted by atomic mass is 127. The number of para-hydroxylation sites is 1. The molecule has 0 heterocycles. The number of benzene rings is 2. The van der Waals surface area contributed by atoms with E-state index in [1.54, 1.807) is 30.3 Å². The van der Waals surface area contributed by atoms with Gasteiger partial charge in [-0.05, 0) is 59.7 Å². The van der Waals surface area contributed by atoms with Crippen molar-refractivity contribution in [1.29, 1.82) is 0 Å². The van der Waals surface area contributed by atoms with Crippen LogP contribution in [0.1, 0.15) is 37.7 Å². The molecule has 2 aliphatic carbocycles. The minimum Gasteiger partial charge on any atom is -0.482 e. The molecule has 0 radical (unpaired) electrons. The van der Waals surface area contributed by atoms with Crippen molar-refractivity contribution in [3.8, 4) is 5.75 Å². The minimum absolute atomic E-state index is 0.0230. The molecule has 1 saturated carbocycles. The SMILES string of the molecule is O=C(NCCO)C1=C[C@H](Oc2ccccc2I)[C@@H](O)[C@H](N(Cc2ccccc2F)C(=O)C2CCCC2)C1. The monoisotopic (exact) mass is 622 g/mol. The lowest BCUT2D eigenvalue weighted by Gasteiger charge is -2.41. The average Bonchev–Trinajstić information content (AvgIpc) is 3.44. The third-order valence-electron chi connectivity index (χ3n) is 7.00. The summed E-state index contributed by atoms with van der Waals surface area (Å²) >= 11 is 2.13. The molecule has 0 unspecified atom stereocenters. The van der Waals surface area contributed by atoms with Gasteiger partial charge in [-0.1, -0.05) is 43.2 Å². The molecule has 0 bridgehead atoms. The number of hydrogen-bond donors (Lipinski definition) is 3. The van der Waals surface area contributed by atoms with Crippen LogP contribution in [-0.2, 0) is 16.1 Å². The van der Waals surface area contributed by atoms with Gasteiger partial charge in [-0.15, -0.1) is 0 Å². The summed E-state index contributed by atoms with van der Waals surface area (Å²) in [5.41, 5.74) is 0.689. The van der Waals surface area contributed by atoms with Crippen molar-refractivity contribution in [3.05, 3.63) is 75.1 Å². The topological polar surface area (TPSA) is 99.1 Å². The van der Waals surface area contributed by atoms with Gasteiger partial charge in [-0.3, -0.25) is 9.59 Å². The highest BCUT2D eigenvalue weighted by Crippen LogP contribution is 2.34. The van der Waals surface area contributed by atoms with Crippen LogP contribution in [-0.4, -0.2) is 58.3 Å². The van der Waals surface area contributed by atoms with Gasteiger partial charge in [0.2, 0.25) is 11.8 Å². The van der Waals surface area contributed by atoms with E-state index in [-0.39, 0.29) is 37.9 Å². The van der Waals surface area contributed by atoms with E-state index < -0.39 is 30.0 Å². The first-order valence-corrected chi connectivity index (χ1v) is 13.7. The summed E-state index contributed by atoms with van der Waals surface area (Å²) in [5.74, 6) is -0.635. The zero-order valence-corrected chi connectivity index (χ0v) is 22.6. The maximum atomic E-state index is 14.7. The van der Waals surface area contributed by atoms with Crippen LogP contribution in [0.15, 0.2) is 60.2 Å². The molecule has 37 heavy (non-hydrogen) atoms.